The first-order chi connectivity index (χ1) is 9.29. The van der Waals surface area contributed by atoms with E-state index in [2.05, 4.69) is 14.8 Å². The molecule has 0 spiro atoms. The maximum atomic E-state index is 11.6. The highest BCUT2D eigenvalue weighted by atomic mass is 16.5. The summed E-state index contributed by atoms with van der Waals surface area (Å²) in [6.07, 6.45) is 1.38. The van der Waals surface area contributed by atoms with Crippen molar-refractivity contribution in [3.63, 3.8) is 0 Å². The van der Waals surface area contributed by atoms with Gasteiger partial charge in [-0.15, -0.1) is 10.2 Å². The molecule has 1 unspecified atom stereocenters. The lowest BCUT2D eigenvalue weighted by molar-refractivity contribution is -0.146. The van der Waals surface area contributed by atoms with E-state index < -0.39 is 0 Å². The number of methoxy groups -OCH3 is 1. The van der Waals surface area contributed by atoms with E-state index in [9.17, 15) is 4.79 Å². The largest absolute Gasteiger partial charge is 0.469 e. The Morgan fingerprint density at radius 1 is 1.32 bits per heavy atom. The molecule has 2 heterocycles. The van der Waals surface area contributed by atoms with Crippen molar-refractivity contribution in [1.29, 1.82) is 0 Å². The summed E-state index contributed by atoms with van der Waals surface area (Å²) < 4.78 is 6.89. The minimum Gasteiger partial charge on any atom is -0.469 e. The summed E-state index contributed by atoms with van der Waals surface area (Å²) in [7, 11) is 1.43. The van der Waals surface area contributed by atoms with Gasteiger partial charge in [-0.3, -0.25) is 4.79 Å². The topological polar surface area (TPSA) is 57.0 Å². The monoisotopic (exact) mass is 257 g/mol. The molecule has 1 aromatic carbocycles. The molecule has 19 heavy (non-hydrogen) atoms. The van der Waals surface area contributed by atoms with Gasteiger partial charge in [0.05, 0.1) is 13.0 Å². The lowest BCUT2D eigenvalue weighted by Crippen LogP contribution is -2.27. The van der Waals surface area contributed by atoms with Gasteiger partial charge in [-0.25, -0.2) is 0 Å². The van der Waals surface area contributed by atoms with Gasteiger partial charge in [0.15, 0.2) is 5.82 Å². The Hall–Kier alpha value is -2.17. The van der Waals surface area contributed by atoms with Crippen LogP contribution in [0.25, 0.3) is 11.4 Å². The Morgan fingerprint density at radius 3 is 2.84 bits per heavy atom. The number of esters is 1. The van der Waals surface area contributed by atoms with Crippen molar-refractivity contribution in [1.82, 2.24) is 14.8 Å². The molecule has 5 nitrogen and oxygen atoms in total. The van der Waals surface area contributed by atoms with Crippen molar-refractivity contribution in [2.75, 3.05) is 7.11 Å². The normalized spacial score (nSPS) is 17.8. The van der Waals surface area contributed by atoms with Crippen LogP contribution in [0.3, 0.4) is 0 Å². The summed E-state index contributed by atoms with van der Waals surface area (Å²) in [6, 6.07) is 9.98. The second-order valence-corrected chi connectivity index (χ2v) is 4.67. The lowest BCUT2D eigenvalue weighted by Gasteiger charge is -2.21. The van der Waals surface area contributed by atoms with Gasteiger partial charge in [0.1, 0.15) is 5.82 Å². The average molecular weight is 257 g/mol. The van der Waals surface area contributed by atoms with Gasteiger partial charge in [-0.1, -0.05) is 30.3 Å². The van der Waals surface area contributed by atoms with Crippen LogP contribution < -0.4 is 0 Å². The van der Waals surface area contributed by atoms with E-state index >= 15 is 0 Å². The number of hydrogen-bond acceptors (Lipinski definition) is 4. The number of ether oxygens (including phenoxy) is 1. The van der Waals surface area contributed by atoms with Crippen LogP contribution in [-0.4, -0.2) is 27.8 Å². The van der Waals surface area contributed by atoms with Crippen molar-refractivity contribution < 1.29 is 9.53 Å². The van der Waals surface area contributed by atoms with Crippen LogP contribution in [0.4, 0.5) is 0 Å². The summed E-state index contributed by atoms with van der Waals surface area (Å²) in [5.41, 5.74) is 1.05. The number of nitrogens with zero attached hydrogens (tertiary/aromatic N) is 3. The molecule has 0 saturated heterocycles. The number of carbonyl (C=O) groups excluding carboxylic acids is 1. The van der Waals surface area contributed by atoms with E-state index in [1.54, 1.807) is 0 Å². The number of carbonyl (C=O) groups is 1. The van der Waals surface area contributed by atoms with Crippen LogP contribution >= 0.6 is 0 Å². The molecule has 1 aromatic heterocycles. The minimum atomic E-state index is -0.157. The molecule has 3 rings (SSSR count). The van der Waals surface area contributed by atoms with Gasteiger partial charge >= 0.3 is 5.97 Å². The molecule has 0 aliphatic carbocycles. The van der Waals surface area contributed by atoms with Crippen molar-refractivity contribution in [3.05, 3.63) is 36.2 Å². The molecule has 0 amide bonds. The first-order valence-corrected chi connectivity index (χ1v) is 6.35. The van der Waals surface area contributed by atoms with Gasteiger partial charge in [0, 0.05) is 18.5 Å². The van der Waals surface area contributed by atoms with Crippen molar-refractivity contribution >= 4 is 5.97 Å². The Labute approximate surface area is 111 Å². The summed E-state index contributed by atoms with van der Waals surface area (Å²) in [6.45, 7) is 0.756. The SMILES string of the molecule is COC(=O)C1CCn2c(nnc2-c2ccccc2)C1. The highest BCUT2D eigenvalue weighted by Gasteiger charge is 2.28. The Bertz CT molecular complexity index is 592. The Balaban J connectivity index is 1.90. The average Bonchev–Trinajstić information content (AvgIpc) is 2.90. The van der Waals surface area contributed by atoms with E-state index in [1.165, 1.54) is 7.11 Å². The molecule has 0 saturated carbocycles. The van der Waals surface area contributed by atoms with E-state index in [4.69, 9.17) is 4.74 Å². The molecule has 1 aliphatic rings. The smallest absolute Gasteiger partial charge is 0.309 e. The fraction of sp³-hybridized carbons (Fsp3) is 0.357. The van der Waals surface area contributed by atoms with Crippen LogP contribution in [0.5, 0.6) is 0 Å². The second kappa shape index (κ2) is 4.84. The molecular weight excluding hydrogens is 242 g/mol. The molecular formula is C14H15N3O2. The number of aromatic nitrogens is 3. The Kier molecular flexibility index (Phi) is 3.03. The Morgan fingerprint density at radius 2 is 2.11 bits per heavy atom. The summed E-state index contributed by atoms with van der Waals surface area (Å²) in [4.78, 5) is 11.6. The van der Waals surface area contributed by atoms with Gasteiger partial charge in [-0.2, -0.15) is 0 Å². The van der Waals surface area contributed by atoms with E-state index in [-0.39, 0.29) is 11.9 Å². The summed E-state index contributed by atoms with van der Waals surface area (Å²) in [5, 5.41) is 8.45. The summed E-state index contributed by atoms with van der Waals surface area (Å²) >= 11 is 0. The highest BCUT2D eigenvalue weighted by Crippen LogP contribution is 2.25. The predicted octanol–water partition coefficient (Wildman–Crippen LogP) is 1.68. The second-order valence-electron chi connectivity index (χ2n) is 4.67. The maximum Gasteiger partial charge on any atom is 0.309 e. The zero-order valence-corrected chi connectivity index (χ0v) is 10.7. The fourth-order valence-electron chi connectivity index (χ4n) is 2.50. The van der Waals surface area contributed by atoms with Crippen molar-refractivity contribution in [2.45, 2.75) is 19.4 Å². The highest BCUT2D eigenvalue weighted by molar-refractivity contribution is 5.72. The fourth-order valence-corrected chi connectivity index (χ4v) is 2.50. The molecule has 0 bridgehead atoms. The van der Waals surface area contributed by atoms with E-state index in [0.29, 0.717) is 6.42 Å². The molecule has 98 valence electrons. The lowest BCUT2D eigenvalue weighted by atomic mass is 9.98. The van der Waals surface area contributed by atoms with Crippen LogP contribution in [0.15, 0.2) is 30.3 Å². The first kappa shape index (κ1) is 11.9. The third-order valence-electron chi connectivity index (χ3n) is 3.52. The van der Waals surface area contributed by atoms with Crippen LogP contribution in [-0.2, 0) is 22.5 Å². The van der Waals surface area contributed by atoms with Gasteiger partial charge < -0.3 is 9.30 Å². The first-order valence-electron chi connectivity index (χ1n) is 6.35. The van der Waals surface area contributed by atoms with Crippen LogP contribution in [0.1, 0.15) is 12.2 Å². The number of hydrogen-bond donors (Lipinski definition) is 0. The van der Waals surface area contributed by atoms with E-state index in [0.717, 1.165) is 30.2 Å². The molecule has 0 radical (unpaired) electrons. The summed E-state index contributed by atoms with van der Waals surface area (Å²) in [5.74, 6) is 1.49. The number of rotatable bonds is 2. The molecule has 2 aromatic rings. The van der Waals surface area contributed by atoms with Crippen LogP contribution in [0, 0.1) is 5.92 Å². The zero-order valence-electron chi connectivity index (χ0n) is 10.7. The molecule has 1 aliphatic heterocycles. The molecule has 0 fully saturated rings. The number of benzene rings is 1. The number of fused-ring (bicyclic) bond motifs is 1. The molecule has 1 atom stereocenters. The van der Waals surface area contributed by atoms with Crippen molar-refractivity contribution in [2.24, 2.45) is 5.92 Å². The van der Waals surface area contributed by atoms with Crippen molar-refractivity contribution in [3.8, 4) is 11.4 Å². The van der Waals surface area contributed by atoms with Gasteiger partial charge in [0.25, 0.3) is 0 Å². The standard InChI is InChI=1S/C14H15N3O2/c1-19-14(18)11-7-8-17-12(9-11)15-16-13(17)10-5-3-2-4-6-10/h2-6,11H,7-9H2,1H3. The third-order valence-corrected chi connectivity index (χ3v) is 3.52. The van der Waals surface area contributed by atoms with Gasteiger partial charge in [-0.05, 0) is 6.42 Å². The third kappa shape index (κ3) is 2.12. The van der Waals surface area contributed by atoms with Crippen LogP contribution in [0.2, 0.25) is 0 Å². The minimum absolute atomic E-state index is 0.0923. The van der Waals surface area contributed by atoms with E-state index in [1.807, 2.05) is 30.3 Å². The predicted molar refractivity (Wildman–Crippen MR) is 69.3 cm³/mol. The maximum absolute atomic E-state index is 11.6. The molecule has 5 heteroatoms. The molecule has 0 N–H and O–H groups in total. The quantitative estimate of drug-likeness (QED) is 0.768. The van der Waals surface area contributed by atoms with Gasteiger partial charge in [0.2, 0.25) is 0 Å². The zero-order chi connectivity index (χ0) is 13.2.